The Morgan fingerprint density at radius 3 is 2.23 bits per heavy atom. The van der Waals surface area contributed by atoms with E-state index in [2.05, 4.69) is 5.16 Å². The maximum atomic E-state index is 6.00. The topological polar surface area (TPSA) is 49.3 Å². The van der Waals surface area contributed by atoms with Crippen molar-refractivity contribution in [1.82, 2.24) is 0 Å². The maximum Gasteiger partial charge on any atom is 0.125 e. The molecule has 0 N–H and O–H groups in total. The van der Waals surface area contributed by atoms with Gasteiger partial charge >= 0.3 is 0 Å². The Kier molecular flexibility index (Phi) is 9.78. The summed E-state index contributed by atoms with van der Waals surface area (Å²) in [7, 11) is 1.56. The van der Waals surface area contributed by atoms with Crippen molar-refractivity contribution in [3.05, 3.63) is 65.2 Å². The molecular formula is C25H33NO4. The van der Waals surface area contributed by atoms with Crippen LogP contribution in [-0.2, 0) is 11.3 Å². The molecule has 0 saturated heterocycles. The molecule has 0 spiro atoms. The summed E-state index contributed by atoms with van der Waals surface area (Å²) in [5.41, 5.74) is 4.27. The summed E-state index contributed by atoms with van der Waals surface area (Å²) in [5.74, 6) is 2.65. The summed E-state index contributed by atoms with van der Waals surface area (Å²) in [6.07, 6.45) is 5.53. The van der Waals surface area contributed by atoms with Gasteiger partial charge in [-0.15, -0.1) is 0 Å². The Morgan fingerprint density at radius 2 is 1.60 bits per heavy atom. The highest BCUT2D eigenvalue weighted by atomic mass is 16.6. The lowest BCUT2D eigenvalue weighted by atomic mass is 10.1. The van der Waals surface area contributed by atoms with E-state index in [1.807, 2.05) is 76.2 Å². The lowest BCUT2D eigenvalue weighted by Crippen LogP contribution is -2.07. The third-order valence-corrected chi connectivity index (χ3v) is 4.45. The van der Waals surface area contributed by atoms with Crippen molar-refractivity contribution in [2.24, 2.45) is 5.16 Å². The van der Waals surface area contributed by atoms with Gasteiger partial charge in [-0.05, 0) is 68.7 Å². The molecule has 0 atom stereocenters. The van der Waals surface area contributed by atoms with Crippen LogP contribution in [0.5, 0.6) is 17.2 Å². The highest BCUT2D eigenvalue weighted by Gasteiger charge is 2.07. The van der Waals surface area contributed by atoms with Crippen molar-refractivity contribution in [2.75, 3.05) is 26.9 Å². The van der Waals surface area contributed by atoms with Gasteiger partial charge in [0.25, 0.3) is 0 Å². The van der Waals surface area contributed by atoms with Crippen LogP contribution in [0, 0.1) is 13.8 Å². The Bertz CT molecular complexity index is 818. The van der Waals surface area contributed by atoms with E-state index in [0.29, 0.717) is 19.8 Å². The Balaban J connectivity index is 1.75. The number of allylic oxidation sites excluding steroid dienone is 1. The smallest absolute Gasteiger partial charge is 0.125 e. The number of hydrogen-bond donors (Lipinski definition) is 0. The molecule has 0 aliphatic carbocycles. The Labute approximate surface area is 180 Å². The summed E-state index contributed by atoms with van der Waals surface area (Å²) >= 11 is 0. The van der Waals surface area contributed by atoms with Gasteiger partial charge < -0.3 is 19.0 Å². The van der Waals surface area contributed by atoms with Crippen LogP contribution in [0.1, 0.15) is 37.0 Å². The van der Waals surface area contributed by atoms with Crippen LogP contribution in [0.4, 0.5) is 0 Å². The monoisotopic (exact) mass is 411 g/mol. The highest BCUT2D eigenvalue weighted by Crippen LogP contribution is 2.28. The van der Waals surface area contributed by atoms with Crippen molar-refractivity contribution in [3.8, 4) is 17.2 Å². The molecule has 5 heteroatoms. The highest BCUT2D eigenvalue weighted by molar-refractivity contribution is 5.83. The number of aryl methyl sites for hydroxylation is 2. The van der Waals surface area contributed by atoms with E-state index < -0.39 is 0 Å². The second-order valence-corrected chi connectivity index (χ2v) is 7.15. The second-order valence-electron chi connectivity index (χ2n) is 7.15. The predicted octanol–water partition coefficient (Wildman–Crippen LogP) is 5.67. The molecule has 2 aromatic carbocycles. The van der Waals surface area contributed by atoms with Crippen molar-refractivity contribution in [1.29, 1.82) is 0 Å². The van der Waals surface area contributed by atoms with Crippen LogP contribution in [0.2, 0.25) is 0 Å². The fourth-order valence-electron chi connectivity index (χ4n) is 3.07. The van der Waals surface area contributed by atoms with E-state index in [1.165, 1.54) is 5.56 Å². The summed E-state index contributed by atoms with van der Waals surface area (Å²) in [4.78, 5) is 4.79. The number of nitrogens with zero attached hydrogens (tertiary/aromatic N) is 1. The molecule has 0 unspecified atom stereocenters. The molecule has 0 radical (unpaired) electrons. The predicted molar refractivity (Wildman–Crippen MR) is 122 cm³/mol. The first-order chi connectivity index (χ1) is 14.5. The van der Waals surface area contributed by atoms with Gasteiger partial charge in [-0.3, -0.25) is 0 Å². The molecule has 0 aliphatic rings. The number of ether oxygens (including phenoxy) is 3. The third-order valence-electron chi connectivity index (χ3n) is 4.45. The van der Waals surface area contributed by atoms with Crippen LogP contribution in [0.3, 0.4) is 0 Å². The fourth-order valence-corrected chi connectivity index (χ4v) is 3.07. The van der Waals surface area contributed by atoms with Gasteiger partial charge in [0.05, 0.1) is 18.9 Å². The van der Waals surface area contributed by atoms with E-state index in [4.69, 9.17) is 19.0 Å². The number of rotatable bonds is 12. The van der Waals surface area contributed by atoms with Crippen molar-refractivity contribution in [2.45, 2.75) is 40.5 Å². The first-order valence-electron chi connectivity index (χ1n) is 10.3. The molecule has 2 aromatic rings. The molecule has 30 heavy (non-hydrogen) atoms. The minimum atomic E-state index is 0.578. The largest absolute Gasteiger partial charge is 0.493 e. The quantitative estimate of drug-likeness (QED) is 0.195. The second kappa shape index (κ2) is 12.6. The molecule has 0 fully saturated rings. The van der Waals surface area contributed by atoms with E-state index in [1.54, 1.807) is 7.11 Å². The average Bonchev–Trinajstić information content (AvgIpc) is 2.71. The summed E-state index contributed by atoms with van der Waals surface area (Å²) in [6.45, 7) is 9.80. The molecule has 0 aliphatic heterocycles. The molecule has 0 saturated carbocycles. The third kappa shape index (κ3) is 7.82. The summed E-state index contributed by atoms with van der Waals surface area (Å²) in [5, 5.41) is 3.93. The lowest BCUT2D eigenvalue weighted by Gasteiger charge is -2.14. The molecule has 2 rings (SSSR count). The zero-order chi connectivity index (χ0) is 21.8. The van der Waals surface area contributed by atoms with Crippen LogP contribution in [-0.4, -0.2) is 32.6 Å². The first-order valence-corrected chi connectivity index (χ1v) is 10.3. The maximum absolute atomic E-state index is 6.00. The molecule has 0 heterocycles. The lowest BCUT2D eigenvalue weighted by molar-refractivity contribution is 0.212. The Morgan fingerprint density at radius 1 is 0.933 bits per heavy atom. The van der Waals surface area contributed by atoms with E-state index in [0.717, 1.165) is 46.9 Å². The number of oxime groups is 1. The van der Waals surface area contributed by atoms with Gasteiger partial charge in [0.1, 0.15) is 31.0 Å². The molecular weight excluding hydrogens is 378 g/mol. The minimum absolute atomic E-state index is 0.578. The zero-order valence-electron chi connectivity index (χ0n) is 18.7. The van der Waals surface area contributed by atoms with Gasteiger partial charge in [-0.2, -0.15) is 0 Å². The van der Waals surface area contributed by atoms with Gasteiger partial charge in [-0.25, -0.2) is 0 Å². The number of benzene rings is 2. The van der Waals surface area contributed by atoms with E-state index >= 15 is 0 Å². The standard InChI is InChI=1S/C25H33NO4/c1-6-7-13-29-24-16-19(2)25(20(3)17-24)30-15-8-14-28-23-11-9-22(10-12-23)18-21(4)26-27-5/h6-7,9-12,16-17H,8,13-15,18H2,1-5H3/b7-6+,26-21?. The molecule has 0 amide bonds. The van der Waals surface area contributed by atoms with Crippen LogP contribution in [0.25, 0.3) is 0 Å². The summed E-state index contributed by atoms with van der Waals surface area (Å²) in [6, 6.07) is 12.1. The van der Waals surface area contributed by atoms with Crippen molar-refractivity contribution < 1.29 is 19.0 Å². The van der Waals surface area contributed by atoms with Crippen LogP contribution >= 0.6 is 0 Å². The number of hydrogen-bond acceptors (Lipinski definition) is 5. The van der Waals surface area contributed by atoms with E-state index in [-0.39, 0.29) is 0 Å². The minimum Gasteiger partial charge on any atom is -0.493 e. The fraction of sp³-hybridized carbons (Fsp3) is 0.400. The molecule has 162 valence electrons. The van der Waals surface area contributed by atoms with Gasteiger partial charge in [-0.1, -0.05) is 29.4 Å². The van der Waals surface area contributed by atoms with Gasteiger partial charge in [0.15, 0.2) is 0 Å². The zero-order valence-corrected chi connectivity index (χ0v) is 18.7. The van der Waals surface area contributed by atoms with E-state index in [9.17, 15) is 0 Å². The average molecular weight is 412 g/mol. The Hall–Kier alpha value is -2.95. The van der Waals surface area contributed by atoms with Crippen LogP contribution < -0.4 is 14.2 Å². The van der Waals surface area contributed by atoms with Crippen LogP contribution in [0.15, 0.2) is 53.7 Å². The van der Waals surface area contributed by atoms with Crippen molar-refractivity contribution in [3.63, 3.8) is 0 Å². The summed E-state index contributed by atoms with van der Waals surface area (Å²) < 4.78 is 17.5. The normalized spacial score (nSPS) is 11.6. The van der Waals surface area contributed by atoms with Gasteiger partial charge in [0.2, 0.25) is 0 Å². The first kappa shape index (κ1) is 23.3. The van der Waals surface area contributed by atoms with Crippen molar-refractivity contribution >= 4 is 5.71 Å². The SMILES string of the molecule is C/C=C/COc1cc(C)c(OCCCOc2ccc(CC(C)=NOC)cc2)c(C)c1. The van der Waals surface area contributed by atoms with Gasteiger partial charge in [0, 0.05) is 12.8 Å². The molecule has 0 bridgehead atoms. The molecule has 5 nitrogen and oxygen atoms in total. The molecule has 0 aromatic heterocycles.